The number of ether oxygens (including phenoxy) is 1. The summed E-state index contributed by atoms with van der Waals surface area (Å²) in [6, 6.07) is 9.08. The van der Waals surface area contributed by atoms with E-state index < -0.39 is 0 Å². The van der Waals surface area contributed by atoms with Gasteiger partial charge in [-0.25, -0.2) is 4.98 Å². The molecule has 2 aromatic rings. The van der Waals surface area contributed by atoms with Crippen molar-refractivity contribution in [1.29, 1.82) is 0 Å². The first-order chi connectivity index (χ1) is 14.0. The molecule has 29 heavy (non-hydrogen) atoms. The molecule has 6 heteroatoms. The van der Waals surface area contributed by atoms with Crippen molar-refractivity contribution in [2.45, 2.75) is 39.3 Å². The zero-order valence-electron chi connectivity index (χ0n) is 18.2. The predicted octanol–water partition coefficient (Wildman–Crippen LogP) is 3.06. The Morgan fingerprint density at radius 2 is 1.76 bits per heavy atom. The fraction of sp³-hybridized carbons (Fsp3) is 0.565. The van der Waals surface area contributed by atoms with Crippen LogP contribution in [0.3, 0.4) is 0 Å². The van der Waals surface area contributed by atoms with E-state index >= 15 is 0 Å². The molecule has 0 spiro atoms. The number of benzene rings is 1. The molecule has 0 bridgehead atoms. The Kier molecular flexibility index (Phi) is 6.01. The number of aromatic nitrogens is 2. The molecule has 6 nitrogen and oxygen atoms in total. The lowest BCUT2D eigenvalue weighted by molar-refractivity contribution is 0.122. The molecule has 0 saturated carbocycles. The quantitative estimate of drug-likeness (QED) is 0.775. The maximum atomic E-state index is 5.49. The Labute approximate surface area is 174 Å². The molecule has 0 unspecified atom stereocenters. The van der Waals surface area contributed by atoms with Crippen LogP contribution in [0.1, 0.15) is 42.1 Å². The third-order valence-electron chi connectivity index (χ3n) is 5.88. The van der Waals surface area contributed by atoms with E-state index in [-0.39, 0.29) is 0 Å². The van der Waals surface area contributed by atoms with Crippen LogP contribution < -0.4 is 9.80 Å². The molecule has 0 radical (unpaired) electrons. The molecule has 2 aliphatic heterocycles. The monoisotopic (exact) mass is 395 g/mol. The minimum Gasteiger partial charge on any atom is -0.378 e. The molecule has 156 valence electrons. The minimum absolute atomic E-state index is 0.575. The van der Waals surface area contributed by atoms with E-state index in [4.69, 9.17) is 14.7 Å². The number of hydrogen-bond acceptors (Lipinski definition) is 6. The number of nitrogens with zero attached hydrogens (tertiary/aromatic N) is 5. The number of fused-ring (bicyclic) bond motifs is 1. The second-order valence-corrected chi connectivity index (χ2v) is 8.62. The van der Waals surface area contributed by atoms with Gasteiger partial charge in [0.05, 0.1) is 18.9 Å². The molecule has 0 atom stereocenters. The Bertz CT molecular complexity index is 828. The Hall–Kier alpha value is -2.18. The molecule has 0 N–H and O–H groups in total. The summed E-state index contributed by atoms with van der Waals surface area (Å²) in [7, 11) is 4.16. The zero-order valence-corrected chi connectivity index (χ0v) is 18.2. The summed E-state index contributed by atoms with van der Waals surface area (Å²) in [5.41, 5.74) is 5.25. The van der Waals surface area contributed by atoms with Gasteiger partial charge in [0, 0.05) is 58.8 Å². The molecule has 2 aliphatic rings. The summed E-state index contributed by atoms with van der Waals surface area (Å²) in [6.45, 7) is 10.6. The molecule has 1 saturated heterocycles. The summed E-state index contributed by atoms with van der Waals surface area (Å²) in [6.07, 6.45) is 0.972. The Balaban J connectivity index is 1.53. The van der Waals surface area contributed by atoms with Gasteiger partial charge in [-0.1, -0.05) is 38.1 Å². The van der Waals surface area contributed by atoms with Gasteiger partial charge in [-0.05, 0) is 17.0 Å². The van der Waals surface area contributed by atoms with E-state index in [9.17, 15) is 0 Å². The van der Waals surface area contributed by atoms with Crippen molar-refractivity contribution in [2.75, 3.05) is 56.7 Å². The summed E-state index contributed by atoms with van der Waals surface area (Å²) >= 11 is 0. The first-order valence-electron chi connectivity index (χ1n) is 10.7. The second-order valence-electron chi connectivity index (χ2n) is 8.62. The van der Waals surface area contributed by atoms with Crippen LogP contribution in [0.4, 0.5) is 11.8 Å². The fourth-order valence-electron chi connectivity index (χ4n) is 4.12. The van der Waals surface area contributed by atoms with E-state index in [0.717, 1.165) is 64.1 Å². The first kappa shape index (κ1) is 20.1. The minimum atomic E-state index is 0.575. The van der Waals surface area contributed by atoms with Gasteiger partial charge in [0.25, 0.3) is 0 Å². The number of anilines is 2. The van der Waals surface area contributed by atoms with Gasteiger partial charge in [-0.2, -0.15) is 4.98 Å². The van der Waals surface area contributed by atoms with Gasteiger partial charge in [0.15, 0.2) is 0 Å². The predicted molar refractivity (Wildman–Crippen MR) is 118 cm³/mol. The third kappa shape index (κ3) is 4.54. The van der Waals surface area contributed by atoms with Crippen molar-refractivity contribution >= 4 is 11.8 Å². The Morgan fingerprint density at radius 3 is 2.41 bits per heavy atom. The second kappa shape index (κ2) is 8.67. The highest BCUT2D eigenvalue weighted by Gasteiger charge is 2.25. The first-order valence-corrected chi connectivity index (χ1v) is 10.7. The van der Waals surface area contributed by atoms with Crippen molar-refractivity contribution in [1.82, 2.24) is 14.9 Å². The van der Waals surface area contributed by atoms with Gasteiger partial charge >= 0.3 is 0 Å². The number of morpholine rings is 1. The fourth-order valence-corrected chi connectivity index (χ4v) is 4.12. The SMILES string of the molecule is CC(C)c1ccc(CN2CCc3nc(N4CCOCC4)nc(N(C)C)c3C2)cc1. The van der Waals surface area contributed by atoms with Crippen molar-refractivity contribution < 1.29 is 4.74 Å². The van der Waals surface area contributed by atoms with Gasteiger partial charge in [-0.3, -0.25) is 4.90 Å². The van der Waals surface area contributed by atoms with Crippen LogP contribution in [0, 0.1) is 0 Å². The van der Waals surface area contributed by atoms with Crippen molar-refractivity contribution in [2.24, 2.45) is 0 Å². The summed E-state index contributed by atoms with van der Waals surface area (Å²) in [4.78, 5) is 16.8. The van der Waals surface area contributed by atoms with Gasteiger partial charge in [-0.15, -0.1) is 0 Å². The zero-order chi connectivity index (χ0) is 20.4. The number of hydrogen-bond donors (Lipinski definition) is 0. The maximum Gasteiger partial charge on any atom is 0.227 e. The van der Waals surface area contributed by atoms with Crippen molar-refractivity contribution in [3.8, 4) is 0 Å². The standard InChI is InChI=1S/C23H33N5O/c1-17(2)19-7-5-18(6-8-19)15-27-10-9-21-20(16-27)22(26(3)4)25-23(24-21)28-11-13-29-14-12-28/h5-8,17H,9-16H2,1-4H3. The molecular formula is C23H33N5O. The van der Waals surface area contributed by atoms with Crippen LogP contribution >= 0.6 is 0 Å². The smallest absolute Gasteiger partial charge is 0.227 e. The molecule has 0 amide bonds. The molecule has 4 rings (SSSR count). The molecule has 1 aromatic carbocycles. The van der Waals surface area contributed by atoms with Crippen LogP contribution in [0.25, 0.3) is 0 Å². The van der Waals surface area contributed by atoms with E-state index in [1.807, 2.05) is 0 Å². The average Bonchev–Trinajstić information content (AvgIpc) is 2.74. The third-order valence-corrected chi connectivity index (χ3v) is 5.88. The van der Waals surface area contributed by atoms with Gasteiger partial charge < -0.3 is 14.5 Å². The summed E-state index contributed by atoms with van der Waals surface area (Å²) < 4.78 is 5.49. The topological polar surface area (TPSA) is 44.7 Å². The molecule has 1 aromatic heterocycles. The number of rotatable bonds is 5. The molecule has 1 fully saturated rings. The largest absolute Gasteiger partial charge is 0.378 e. The van der Waals surface area contributed by atoms with E-state index in [0.29, 0.717) is 5.92 Å². The summed E-state index contributed by atoms with van der Waals surface area (Å²) in [5, 5.41) is 0. The van der Waals surface area contributed by atoms with Crippen LogP contribution in [0.15, 0.2) is 24.3 Å². The highest BCUT2D eigenvalue weighted by molar-refractivity contribution is 5.53. The lowest BCUT2D eigenvalue weighted by atomic mass is 10.0. The molecular weight excluding hydrogens is 362 g/mol. The van der Waals surface area contributed by atoms with Crippen LogP contribution in [-0.4, -0.2) is 61.8 Å². The highest BCUT2D eigenvalue weighted by atomic mass is 16.5. The molecule has 0 aliphatic carbocycles. The average molecular weight is 396 g/mol. The maximum absolute atomic E-state index is 5.49. The Morgan fingerprint density at radius 1 is 1.03 bits per heavy atom. The summed E-state index contributed by atoms with van der Waals surface area (Å²) in [5.74, 6) is 2.48. The highest BCUT2D eigenvalue weighted by Crippen LogP contribution is 2.29. The van der Waals surface area contributed by atoms with Gasteiger partial charge in [0.2, 0.25) is 5.95 Å². The van der Waals surface area contributed by atoms with Crippen LogP contribution in [-0.2, 0) is 24.2 Å². The molecule has 3 heterocycles. The van der Waals surface area contributed by atoms with Crippen LogP contribution in [0.5, 0.6) is 0 Å². The normalized spacial score (nSPS) is 17.5. The van der Waals surface area contributed by atoms with Crippen LogP contribution in [0.2, 0.25) is 0 Å². The van der Waals surface area contributed by atoms with Gasteiger partial charge in [0.1, 0.15) is 5.82 Å². The van der Waals surface area contributed by atoms with E-state index in [1.165, 1.54) is 22.4 Å². The lowest BCUT2D eigenvalue weighted by Crippen LogP contribution is -2.39. The van der Waals surface area contributed by atoms with E-state index in [1.54, 1.807) is 0 Å². The van der Waals surface area contributed by atoms with Crippen molar-refractivity contribution in [3.05, 3.63) is 46.6 Å². The lowest BCUT2D eigenvalue weighted by Gasteiger charge is -2.33. The van der Waals surface area contributed by atoms with Crippen molar-refractivity contribution in [3.63, 3.8) is 0 Å². The van der Waals surface area contributed by atoms with E-state index in [2.05, 4.69) is 66.9 Å².